The van der Waals surface area contributed by atoms with Gasteiger partial charge in [0.15, 0.2) is 0 Å². The Bertz CT molecular complexity index is 357. The van der Waals surface area contributed by atoms with Crippen LogP contribution in [0.15, 0.2) is 16.7 Å². The first-order valence-corrected chi connectivity index (χ1v) is 4.68. The van der Waals surface area contributed by atoms with Crippen LogP contribution in [0, 0.1) is 6.08 Å². The van der Waals surface area contributed by atoms with Gasteiger partial charge in [-0.15, -0.1) is 11.1 Å². The summed E-state index contributed by atoms with van der Waals surface area (Å²) < 4.78 is 9.42. The molecule has 1 rings (SSSR count). The largest absolute Gasteiger partial charge is 1.00 e. The van der Waals surface area contributed by atoms with E-state index in [9.17, 15) is 9.59 Å². The first-order valence-electron chi connectivity index (χ1n) is 4.68. The minimum absolute atomic E-state index is 0. The van der Waals surface area contributed by atoms with Crippen LogP contribution in [0.25, 0.3) is 0 Å². The van der Waals surface area contributed by atoms with E-state index >= 15 is 0 Å². The standard InChI is InChI=1S/C11H13O4.Na.H2O/c1-4-15-11(13)9-6-5-8(7(9)2)10(12)14-3;;/h4,6H2,1-3H3;;1H2/q-1;+1;/p-1. The molecule has 1 N–H and O–H groups in total. The van der Waals surface area contributed by atoms with Crippen LogP contribution in [0.5, 0.6) is 0 Å². The van der Waals surface area contributed by atoms with Crippen molar-refractivity contribution in [1.82, 2.24) is 0 Å². The summed E-state index contributed by atoms with van der Waals surface area (Å²) in [6.45, 7) is 3.75. The van der Waals surface area contributed by atoms with Gasteiger partial charge in [-0.1, -0.05) is 13.3 Å². The number of methoxy groups -OCH3 is 1. The summed E-state index contributed by atoms with van der Waals surface area (Å²) in [5.74, 6) is -0.854. The molecule has 17 heavy (non-hydrogen) atoms. The summed E-state index contributed by atoms with van der Waals surface area (Å²) >= 11 is 0. The zero-order valence-corrected chi connectivity index (χ0v) is 12.5. The van der Waals surface area contributed by atoms with Crippen molar-refractivity contribution >= 4 is 11.9 Å². The van der Waals surface area contributed by atoms with Gasteiger partial charge in [-0.2, -0.15) is 6.08 Å². The number of hydrogen-bond donors (Lipinski definition) is 0. The van der Waals surface area contributed by atoms with E-state index in [-0.39, 0.29) is 41.0 Å². The average Bonchev–Trinajstić information content (AvgIpc) is 2.59. The third-order valence-electron chi connectivity index (χ3n) is 2.18. The van der Waals surface area contributed by atoms with E-state index in [1.54, 1.807) is 13.8 Å². The molecule has 0 aliphatic heterocycles. The van der Waals surface area contributed by atoms with E-state index in [1.165, 1.54) is 7.11 Å². The number of esters is 2. The number of carbonyl (C=O) groups is 2. The molecule has 6 heteroatoms. The van der Waals surface area contributed by atoms with Crippen molar-refractivity contribution in [3.8, 4) is 0 Å². The van der Waals surface area contributed by atoms with E-state index in [4.69, 9.17) is 4.74 Å². The van der Waals surface area contributed by atoms with Crippen molar-refractivity contribution in [2.45, 2.75) is 20.3 Å². The summed E-state index contributed by atoms with van der Waals surface area (Å²) in [4.78, 5) is 22.7. The van der Waals surface area contributed by atoms with Crippen molar-refractivity contribution in [1.29, 1.82) is 0 Å². The van der Waals surface area contributed by atoms with Crippen LogP contribution >= 0.6 is 0 Å². The van der Waals surface area contributed by atoms with Crippen LogP contribution in [0.2, 0.25) is 0 Å². The maximum absolute atomic E-state index is 11.4. The molecule has 0 spiro atoms. The smallest absolute Gasteiger partial charge is 0.870 e. The minimum Gasteiger partial charge on any atom is -0.870 e. The second kappa shape index (κ2) is 8.47. The van der Waals surface area contributed by atoms with E-state index < -0.39 is 5.97 Å². The summed E-state index contributed by atoms with van der Waals surface area (Å²) in [5, 5.41) is 0. The van der Waals surface area contributed by atoms with Crippen molar-refractivity contribution in [3.05, 3.63) is 22.8 Å². The van der Waals surface area contributed by atoms with Gasteiger partial charge >= 0.3 is 35.5 Å². The maximum Gasteiger partial charge on any atom is 1.00 e. The third kappa shape index (κ3) is 4.27. The summed E-state index contributed by atoms with van der Waals surface area (Å²) in [6, 6.07) is 0. The van der Waals surface area contributed by atoms with Gasteiger partial charge in [0.25, 0.3) is 0 Å². The topological polar surface area (TPSA) is 82.6 Å². The van der Waals surface area contributed by atoms with Gasteiger partial charge in [0.1, 0.15) is 0 Å². The molecule has 0 radical (unpaired) electrons. The predicted molar refractivity (Wildman–Crippen MR) is 54.7 cm³/mol. The van der Waals surface area contributed by atoms with Gasteiger partial charge in [0.05, 0.1) is 13.7 Å². The molecule has 0 aromatic heterocycles. The molecule has 0 saturated carbocycles. The average molecular weight is 249 g/mol. The Balaban J connectivity index is 0. The monoisotopic (exact) mass is 249 g/mol. The Morgan fingerprint density at radius 2 is 1.94 bits per heavy atom. The van der Waals surface area contributed by atoms with Crippen LogP contribution in [-0.4, -0.2) is 31.1 Å². The molecular formula is C11H14NaO5-. The molecule has 0 bridgehead atoms. The Kier molecular flexibility index (Phi) is 9.33. The van der Waals surface area contributed by atoms with Gasteiger partial charge in [0.2, 0.25) is 5.97 Å². The Hall–Kier alpha value is -0.620. The maximum atomic E-state index is 11.4. The summed E-state index contributed by atoms with van der Waals surface area (Å²) in [7, 11) is 1.30. The van der Waals surface area contributed by atoms with Gasteiger partial charge in [0, 0.05) is 0 Å². The summed E-state index contributed by atoms with van der Waals surface area (Å²) in [5.41, 5.74) is 1.41. The second-order valence-corrected chi connectivity index (χ2v) is 3.04. The van der Waals surface area contributed by atoms with Gasteiger partial charge in [-0.05, 0) is 12.5 Å². The van der Waals surface area contributed by atoms with Crippen LogP contribution in [0.3, 0.4) is 0 Å². The van der Waals surface area contributed by atoms with E-state index in [0.29, 0.717) is 29.7 Å². The minimum atomic E-state index is -0.466. The van der Waals surface area contributed by atoms with Gasteiger partial charge < -0.3 is 19.7 Å². The van der Waals surface area contributed by atoms with Crippen LogP contribution in [0.4, 0.5) is 0 Å². The molecule has 0 atom stereocenters. The molecule has 1 aliphatic carbocycles. The molecule has 0 unspecified atom stereocenters. The summed E-state index contributed by atoms with van der Waals surface area (Å²) in [6.07, 6.45) is 3.13. The molecular weight excluding hydrogens is 235 g/mol. The number of carbonyl (C=O) groups excluding carboxylic acids is 2. The Morgan fingerprint density at radius 3 is 2.41 bits per heavy atom. The van der Waals surface area contributed by atoms with Crippen LogP contribution < -0.4 is 29.6 Å². The number of allylic oxidation sites excluding steroid dienone is 1. The fraction of sp³-hybridized carbons (Fsp3) is 0.455. The van der Waals surface area contributed by atoms with E-state index in [1.807, 2.05) is 0 Å². The van der Waals surface area contributed by atoms with E-state index in [2.05, 4.69) is 10.8 Å². The van der Waals surface area contributed by atoms with Crippen LogP contribution in [0.1, 0.15) is 20.3 Å². The van der Waals surface area contributed by atoms with Crippen molar-refractivity contribution in [2.75, 3.05) is 13.7 Å². The van der Waals surface area contributed by atoms with Crippen molar-refractivity contribution in [3.63, 3.8) is 0 Å². The normalized spacial score (nSPS) is 13.2. The van der Waals surface area contributed by atoms with Gasteiger partial charge in [-0.3, -0.25) is 0 Å². The molecule has 0 aromatic rings. The van der Waals surface area contributed by atoms with Crippen molar-refractivity contribution < 1.29 is 54.1 Å². The molecule has 0 heterocycles. The predicted octanol–water partition coefficient (Wildman–Crippen LogP) is -2.00. The fourth-order valence-corrected chi connectivity index (χ4v) is 1.36. The zero-order chi connectivity index (χ0) is 11.4. The molecule has 0 aromatic carbocycles. The number of ether oxygens (including phenoxy) is 2. The quantitative estimate of drug-likeness (QED) is 0.328. The second-order valence-electron chi connectivity index (χ2n) is 3.04. The SMILES string of the molecule is CCOC(=O)C1=C(C)C(C(=O)OC)=[C-]C1.[Na+].[OH-]. The zero-order valence-electron chi connectivity index (χ0n) is 10.5. The van der Waals surface area contributed by atoms with E-state index in [0.717, 1.165) is 0 Å². The van der Waals surface area contributed by atoms with Gasteiger partial charge in [-0.25, -0.2) is 4.79 Å². The third-order valence-corrected chi connectivity index (χ3v) is 2.18. The van der Waals surface area contributed by atoms with Crippen molar-refractivity contribution in [2.24, 2.45) is 0 Å². The molecule has 0 fully saturated rings. The Morgan fingerprint density at radius 1 is 1.35 bits per heavy atom. The molecule has 0 amide bonds. The van der Waals surface area contributed by atoms with Crippen LogP contribution in [-0.2, 0) is 19.1 Å². The molecule has 1 aliphatic rings. The molecule has 0 saturated heterocycles. The fourth-order valence-electron chi connectivity index (χ4n) is 1.36. The first kappa shape index (κ1) is 18.7. The number of rotatable bonds is 3. The number of hydrogen-bond acceptors (Lipinski definition) is 5. The molecule has 90 valence electrons. The first-order chi connectivity index (χ1) is 7.11. The Labute approximate surface area is 122 Å². The molecule has 5 nitrogen and oxygen atoms in total.